The highest BCUT2D eigenvalue weighted by atomic mass is 32.1. The van der Waals surface area contributed by atoms with Gasteiger partial charge in [0.25, 0.3) is 0 Å². The first-order chi connectivity index (χ1) is 10.2. The normalized spacial score (nSPS) is 11.5. The van der Waals surface area contributed by atoms with Crippen LogP contribution >= 0.6 is 11.3 Å². The van der Waals surface area contributed by atoms with Crippen LogP contribution in [0.4, 0.5) is 0 Å². The Bertz CT molecular complexity index is 866. The van der Waals surface area contributed by atoms with Crippen molar-refractivity contribution in [1.29, 1.82) is 5.26 Å². The van der Waals surface area contributed by atoms with Crippen molar-refractivity contribution in [2.75, 3.05) is 0 Å². The van der Waals surface area contributed by atoms with Gasteiger partial charge in [-0.2, -0.15) is 5.26 Å². The van der Waals surface area contributed by atoms with Crippen LogP contribution in [-0.4, -0.2) is 16.1 Å². The second kappa shape index (κ2) is 5.23. The predicted octanol–water partition coefficient (Wildman–Crippen LogP) is 3.55. The predicted molar refractivity (Wildman–Crippen MR) is 78.5 cm³/mol. The lowest BCUT2D eigenvalue weighted by molar-refractivity contribution is -0.132. The summed E-state index contributed by atoms with van der Waals surface area (Å²) in [5, 5.41) is 18.2. The molecule has 0 unspecified atom stereocenters. The number of aromatic nitrogens is 1. The number of benzene rings is 1. The Morgan fingerprint density at radius 2 is 2.14 bits per heavy atom. The lowest BCUT2D eigenvalue weighted by Gasteiger charge is -1.90. The van der Waals surface area contributed by atoms with Crippen molar-refractivity contribution in [2.45, 2.75) is 0 Å². The summed E-state index contributed by atoms with van der Waals surface area (Å²) in [6.07, 6.45) is 1.19. The molecule has 21 heavy (non-hydrogen) atoms. The highest BCUT2D eigenvalue weighted by Gasteiger charge is 2.11. The van der Waals surface area contributed by atoms with Gasteiger partial charge in [0.1, 0.15) is 17.4 Å². The van der Waals surface area contributed by atoms with E-state index in [1.807, 2.05) is 24.3 Å². The van der Waals surface area contributed by atoms with Crippen LogP contribution in [0, 0.1) is 11.3 Å². The smallest absolute Gasteiger partial charge is 0.346 e. The van der Waals surface area contributed by atoms with E-state index in [0.29, 0.717) is 16.5 Å². The molecule has 0 atom stereocenters. The summed E-state index contributed by atoms with van der Waals surface area (Å²) in [6, 6.07) is 12.7. The van der Waals surface area contributed by atoms with Crippen LogP contribution in [0.5, 0.6) is 0 Å². The van der Waals surface area contributed by atoms with Gasteiger partial charge in [0.15, 0.2) is 10.8 Å². The van der Waals surface area contributed by atoms with E-state index < -0.39 is 5.97 Å². The van der Waals surface area contributed by atoms with Gasteiger partial charge in [0, 0.05) is 6.08 Å². The summed E-state index contributed by atoms with van der Waals surface area (Å²) in [5.74, 6) is -0.427. The number of carboxylic acids is 1. The molecule has 1 N–H and O–H groups in total. The molecule has 0 bridgehead atoms. The molecule has 0 fully saturated rings. The number of carboxylic acid groups (broad SMARTS) is 1. The largest absolute Gasteiger partial charge is 0.477 e. The fraction of sp³-hybridized carbons (Fsp3) is 0. The zero-order valence-corrected chi connectivity index (χ0v) is 11.4. The zero-order valence-electron chi connectivity index (χ0n) is 10.6. The number of hydrogen-bond acceptors (Lipinski definition) is 5. The van der Waals surface area contributed by atoms with E-state index in [1.54, 1.807) is 18.2 Å². The van der Waals surface area contributed by atoms with Crippen LogP contribution in [0.1, 0.15) is 5.76 Å². The molecule has 0 saturated heterocycles. The number of furan rings is 1. The van der Waals surface area contributed by atoms with Crippen LogP contribution in [0.3, 0.4) is 0 Å². The summed E-state index contributed by atoms with van der Waals surface area (Å²) in [7, 11) is 0. The van der Waals surface area contributed by atoms with Crippen molar-refractivity contribution in [3.05, 3.63) is 47.7 Å². The van der Waals surface area contributed by atoms with E-state index in [-0.39, 0.29) is 5.57 Å². The van der Waals surface area contributed by atoms with Crippen molar-refractivity contribution in [2.24, 2.45) is 0 Å². The molecule has 6 heteroatoms. The van der Waals surface area contributed by atoms with Crippen molar-refractivity contribution < 1.29 is 14.3 Å². The van der Waals surface area contributed by atoms with Gasteiger partial charge in [-0.1, -0.05) is 12.1 Å². The molecule has 3 aromatic rings. The summed E-state index contributed by atoms with van der Waals surface area (Å²) < 4.78 is 6.58. The standard InChI is InChI=1S/C15H8N2O3S/c16-8-9(15(18)19)7-10-5-6-12(20-10)14-17-11-3-1-2-4-13(11)21-14/h1-7H,(H,18,19)/b9-7-. The maximum atomic E-state index is 10.8. The van der Waals surface area contributed by atoms with Crippen LogP contribution < -0.4 is 0 Å². The molecular formula is C15H8N2O3S. The Balaban J connectivity index is 1.98. The first-order valence-corrected chi connectivity index (χ1v) is 6.80. The molecule has 5 nitrogen and oxygen atoms in total. The first-order valence-electron chi connectivity index (χ1n) is 5.98. The second-order valence-electron chi connectivity index (χ2n) is 4.16. The van der Waals surface area contributed by atoms with Crippen molar-refractivity contribution in [1.82, 2.24) is 4.98 Å². The summed E-state index contributed by atoms with van der Waals surface area (Å²) in [5.41, 5.74) is 0.509. The average Bonchev–Trinajstić information content (AvgIpc) is 3.10. The average molecular weight is 296 g/mol. The van der Waals surface area contributed by atoms with E-state index in [2.05, 4.69) is 4.98 Å². The fourth-order valence-electron chi connectivity index (χ4n) is 1.81. The Kier molecular flexibility index (Phi) is 3.26. The Hall–Kier alpha value is -2.91. The van der Waals surface area contributed by atoms with Crippen molar-refractivity contribution in [3.8, 4) is 16.8 Å². The molecule has 0 aliphatic heterocycles. The molecule has 102 valence electrons. The Morgan fingerprint density at radius 1 is 1.33 bits per heavy atom. The number of rotatable bonds is 3. The third kappa shape index (κ3) is 2.55. The van der Waals surface area contributed by atoms with Gasteiger partial charge in [-0.3, -0.25) is 0 Å². The minimum absolute atomic E-state index is 0.309. The zero-order chi connectivity index (χ0) is 14.8. The molecule has 0 amide bonds. The summed E-state index contributed by atoms with van der Waals surface area (Å²) in [4.78, 5) is 15.2. The SMILES string of the molecule is N#C/C(=C/c1ccc(-c2nc3ccccc3s2)o1)C(=O)O. The van der Waals surface area contributed by atoms with Gasteiger partial charge < -0.3 is 9.52 Å². The number of para-hydroxylation sites is 1. The minimum Gasteiger partial charge on any atom is -0.477 e. The van der Waals surface area contributed by atoms with Gasteiger partial charge in [-0.05, 0) is 24.3 Å². The summed E-state index contributed by atoms with van der Waals surface area (Å²) >= 11 is 1.49. The van der Waals surface area contributed by atoms with Crippen LogP contribution in [-0.2, 0) is 4.79 Å². The number of thiazole rings is 1. The van der Waals surface area contributed by atoms with E-state index in [4.69, 9.17) is 14.8 Å². The Morgan fingerprint density at radius 3 is 2.86 bits per heavy atom. The third-order valence-corrected chi connectivity index (χ3v) is 3.82. The number of nitrogens with zero attached hydrogens (tertiary/aromatic N) is 2. The molecule has 0 radical (unpaired) electrons. The van der Waals surface area contributed by atoms with Crippen LogP contribution in [0.2, 0.25) is 0 Å². The number of carbonyl (C=O) groups is 1. The number of nitriles is 1. The third-order valence-electron chi connectivity index (χ3n) is 2.77. The number of aliphatic carboxylic acids is 1. The fourth-order valence-corrected chi connectivity index (χ4v) is 2.73. The van der Waals surface area contributed by atoms with Gasteiger partial charge in [0.2, 0.25) is 0 Å². The van der Waals surface area contributed by atoms with Crippen molar-refractivity contribution >= 4 is 33.6 Å². The highest BCUT2D eigenvalue weighted by Crippen LogP contribution is 2.31. The lowest BCUT2D eigenvalue weighted by atomic mass is 10.2. The molecular weight excluding hydrogens is 288 g/mol. The second-order valence-corrected chi connectivity index (χ2v) is 5.19. The van der Waals surface area contributed by atoms with E-state index in [0.717, 1.165) is 10.2 Å². The van der Waals surface area contributed by atoms with Gasteiger partial charge in [-0.15, -0.1) is 11.3 Å². The number of hydrogen-bond donors (Lipinski definition) is 1. The molecule has 1 aromatic carbocycles. The van der Waals surface area contributed by atoms with Crippen LogP contribution in [0.15, 0.2) is 46.4 Å². The lowest BCUT2D eigenvalue weighted by Crippen LogP contribution is -1.96. The molecule has 2 heterocycles. The molecule has 0 spiro atoms. The van der Waals surface area contributed by atoms with E-state index in [9.17, 15) is 4.79 Å². The summed E-state index contributed by atoms with van der Waals surface area (Å²) in [6.45, 7) is 0. The van der Waals surface area contributed by atoms with Gasteiger partial charge in [-0.25, -0.2) is 9.78 Å². The van der Waals surface area contributed by atoms with E-state index >= 15 is 0 Å². The van der Waals surface area contributed by atoms with Gasteiger partial charge >= 0.3 is 5.97 Å². The monoisotopic (exact) mass is 296 g/mol. The quantitative estimate of drug-likeness (QED) is 0.590. The minimum atomic E-state index is -1.28. The molecule has 0 aliphatic rings. The van der Waals surface area contributed by atoms with E-state index in [1.165, 1.54) is 17.4 Å². The topological polar surface area (TPSA) is 87.1 Å². The first kappa shape index (κ1) is 13.1. The van der Waals surface area contributed by atoms with Crippen molar-refractivity contribution in [3.63, 3.8) is 0 Å². The van der Waals surface area contributed by atoms with Crippen LogP contribution in [0.25, 0.3) is 27.1 Å². The molecule has 0 saturated carbocycles. The Labute approximate surface area is 123 Å². The molecule has 3 rings (SSSR count). The highest BCUT2D eigenvalue weighted by molar-refractivity contribution is 7.21. The molecule has 0 aliphatic carbocycles. The number of fused-ring (bicyclic) bond motifs is 1. The maximum Gasteiger partial charge on any atom is 0.346 e. The molecule has 2 aromatic heterocycles. The van der Waals surface area contributed by atoms with Gasteiger partial charge in [0.05, 0.1) is 10.2 Å². The maximum absolute atomic E-state index is 10.8.